The summed E-state index contributed by atoms with van der Waals surface area (Å²) >= 11 is 0. The maximum absolute atomic E-state index is 12.6. The second kappa shape index (κ2) is 4.99. The normalized spacial score (nSPS) is 11.6. The Kier molecular flexibility index (Phi) is 3.52. The van der Waals surface area contributed by atoms with E-state index in [0.717, 1.165) is 12.1 Å². The lowest BCUT2D eigenvalue weighted by atomic mass is 10.1. The first-order valence-electron chi connectivity index (χ1n) is 5.71. The molecule has 4 nitrogen and oxygen atoms in total. The summed E-state index contributed by atoms with van der Waals surface area (Å²) in [6.45, 7) is 1.59. The largest absolute Gasteiger partial charge is 0.477 e. The van der Waals surface area contributed by atoms with Crippen LogP contribution in [0.5, 0.6) is 0 Å². The van der Waals surface area contributed by atoms with Crippen LogP contribution in [0, 0.1) is 6.92 Å². The van der Waals surface area contributed by atoms with Gasteiger partial charge in [-0.3, -0.25) is 4.68 Å². The molecule has 0 amide bonds. The van der Waals surface area contributed by atoms with E-state index in [1.807, 2.05) is 0 Å². The number of hydrogen-bond donors (Lipinski definition) is 1. The van der Waals surface area contributed by atoms with Gasteiger partial charge in [-0.2, -0.15) is 18.3 Å². The molecule has 0 bridgehead atoms. The number of nitrogens with zero attached hydrogens (tertiary/aromatic N) is 2. The third-order valence-corrected chi connectivity index (χ3v) is 2.71. The maximum Gasteiger partial charge on any atom is 0.416 e. The molecule has 0 atom stereocenters. The van der Waals surface area contributed by atoms with Crippen molar-refractivity contribution < 1.29 is 23.1 Å². The Hall–Kier alpha value is -2.31. The van der Waals surface area contributed by atoms with Crippen LogP contribution in [0.25, 0.3) is 0 Å². The second-order valence-electron chi connectivity index (χ2n) is 4.33. The number of rotatable bonds is 3. The first-order valence-corrected chi connectivity index (χ1v) is 5.71. The zero-order valence-corrected chi connectivity index (χ0v) is 10.5. The smallest absolute Gasteiger partial charge is 0.416 e. The Labute approximate surface area is 112 Å². The second-order valence-corrected chi connectivity index (χ2v) is 4.33. The van der Waals surface area contributed by atoms with E-state index in [-0.39, 0.29) is 12.2 Å². The van der Waals surface area contributed by atoms with Gasteiger partial charge in [0.2, 0.25) is 0 Å². The molecule has 2 rings (SSSR count). The van der Waals surface area contributed by atoms with Crippen LogP contribution in [0.1, 0.15) is 27.3 Å². The van der Waals surface area contributed by atoms with Crippen LogP contribution in [0.2, 0.25) is 0 Å². The number of halogens is 3. The zero-order valence-electron chi connectivity index (χ0n) is 10.5. The van der Waals surface area contributed by atoms with Crippen molar-refractivity contribution >= 4 is 5.97 Å². The molecule has 0 fully saturated rings. The highest BCUT2D eigenvalue weighted by atomic mass is 19.4. The van der Waals surface area contributed by atoms with Crippen LogP contribution >= 0.6 is 0 Å². The molecule has 7 heteroatoms. The molecule has 0 aliphatic carbocycles. The van der Waals surface area contributed by atoms with E-state index in [0.29, 0.717) is 11.3 Å². The summed E-state index contributed by atoms with van der Waals surface area (Å²) in [7, 11) is 0. The minimum Gasteiger partial charge on any atom is -0.477 e. The molecule has 0 saturated heterocycles. The number of carboxylic acid groups (broad SMARTS) is 1. The number of alkyl halides is 3. The van der Waals surface area contributed by atoms with Gasteiger partial charge >= 0.3 is 12.1 Å². The van der Waals surface area contributed by atoms with Crippen molar-refractivity contribution in [3.8, 4) is 0 Å². The van der Waals surface area contributed by atoms with E-state index in [2.05, 4.69) is 5.10 Å². The summed E-state index contributed by atoms with van der Waals surface area (Å²) in [5, 5.41) is 13.0. The van der Waals surface area contributed by atoms with Crippen molar-refractivity contribution in [3.63, 3.8) is 0 Å². The average Bonchev–Trinajstić information content (AvgIpc) is 2.69. The lowest BCUT2D eigenvalue weighted by Gasteiger charge is -2.09. The minimum atomic E-state index is -4.42. The molecule has 1 aromatic heterocycles. The molecule has 20 heavy (non-hydrogen) atoms. The molecular weight excluding hydrogens is 273 g/mol. The van der Waals surface area contributed by atoms with Crippen molar-refractivity contribution in [2.24, 2.45) is 0 Å². The summed E-state index contributed by atoms with van der Waals surface area (Å²) in [5.74, 6) is -1.17. The van der Waals surface area contributed by atoms with Crippen LogP contribution in [0.15, 0.2) is 30.3 Å². The fourth-order valence-corrected chi connectivity index (χ4v) is 1.86. The van der Waals surface area contributed by atoms with Gasteiger partial charge in [0.1, 0.15) is 5.69 Å². The average molecular weight is 284 g/mol. The lowest BCUT2D eigenvalue weighted by molar-refractivity contribution is -0.137. The Morgan fingerprint density at radius 3 is 2.65 bits per heavy atom. The highest BCUT2D eigenvalue weighted by molar-refractivity contribution is 5.85. The number of benzene rings is 1. The summed E-state index contributed by atoms with van der Waals surface area (Å²) in [4.78, 5) is 11.0. The molecular formula is C13H11F3N2O2. The first-order chi connectivity index (χ1) is 9.27. The number of aromatic carboxylic acids is 1. The standard InChI is InChI=1S/C13H11F3N2O2/c1-8-5-11(12(19)20)18(17-8)7-9-3-2-4-10(6-9)13(14,15)16/h2-6H,7H2,1H3,(H,19,20). The predicted octanol–water partition coefficient (Wildman–Crippen LogP) is 2.96. The summed E-state index contributed by atoms with van der Waals surface area (Å²) in [5.41, 5.74) is 0.00969. The van der Waals surface area contributed by atoms with Gasteiger partial charge in [-0.15, -0.1) is 0 Å². The molecule has 0 unspecified atom stereocenters. The molecule has 1 N–H and O–H groups in total. The number of carboxylic acids is 1. The van der Waals surface area contributed by atoms with Crippen LogP contribution in [0.3, 0.4) is 0 Å². The van der Waals surface area contributed by atoms with Crippen LogP contribution in [0.4, 0.5) is 13.2 Å². The van der Waals surface area contributed by atoms with E-state index >= 15 is 0 Å². The van der Waals surface area contributed by atoms with Crippen molar-refractivity contribution in [2.45, 2.75) is 19.6 Å². The van der Waals surface area contributed by atoms with Crippen LogP contribution in [-0.2, 0) is 12.7 Å². The Balaban J connectivity index is 2.33. The number of aromatic nitrogens is 2. The third-order valence-electron chi connectivity index (χ3n) is 2.71. The lowest BCUT2D eigenvalue weighted by Crippen LogP contribution is -2.12. The quantitative estimate of drug-likeness (QED) is 0.942. The molecule has 0 aliphatic heterocycles. The fourth-order valence-electron chi connectivity index (χ4n) is 1.86. The van der Waals surface area contributed by atoms with Gasteiger partial charge < -0.3 is 5.11 Å². The Morgan fingerprint density at radius 1 is 1.35 bits per heavy atom. The minimum absolute atomic E-state index is 0.0284. The topological polar surface area (TPSA) is 55.1 Å². The van der Waals surface area contributed by atoms with Crippen molar-refractivity contribution in [1.82, 2.24) is 9.78 Å². The van der Waals surface area contributed by atoms with E-state index in [1.165, 1.54) is 22.9 Å². The SMILES string of the molecule is Cc1cc(C(=O)O)n(Cc2cccc(C(F)(F)F)c2)n1. The molecule has 1 aromatic carbocycles. The zero-order chi connectivity index (χ0) is 14.9. The van der Waals surface area contributed by atoms with Gasteiger partial charge in [-0.25, -0.2) is 4.79 Å². The molecule has 1 heterocycles. The highest BCUT2D eigenvalue weighted by Crippen LogP contribution is 2.29. The highest BCUT2D eigenvalue weighted by Gasteiger charge is 2.30. The Bertz CT molecular complexity index is 647. The van der Waals surface area contributed by atoms with Gasteiger partial charge in [0.25, 0.3) is 0 Å². The van der Waals surface area contributed by atoms with Gasteiger partial charge in [-0.1, -0.05) is 12.1 Å². The number of carbonyl (C=O) groups is 1. The first kappa shape index (κ1) is 14.1. The third kappa shape index (κ3) is 2.98. The summed E-state index contributed by atoms with van der Waals surface area (Å²) in [6, 6.07) is 6.11. The van der Waals surface area contributed by atoms with Crippen molar-refractivity contribution in [1.29, 1.82) is 0 Å². The molecule has 106 valence electrons. The monoisotopic (exact) mass is 284 g/mol. The molecule has 0 spiro atoms. The number of aryl methyl sites for hydroxylation is 1. The molecule has 0 radical (unpaired) electrons. The number of hydrogen-bond acceptors (Lipinski definition) is 2. The van der Waals surface area contributed by atoms with Gasteiger partial charge in [0.15, 0.2) is 0 Å². The molecule has 2 aromatic rings. The van der Waals surface area contributed by atoms with E-state index in [4.69, 9.17) is 5.11 Å². The Morgan fingerprint density at radius 2 is 2.05 bits per heavy atom. The van der Waals surface area contributed by atoms with Crippen molar-refractivity contribution in [2.75, 3.05) is 0 Å². The fraction of sp³-hybridized carbons (Fsp3) is 0.231. The summed E-state index contributed by atoms with van der Waals surface area (Å²) in [6.07, 6.45) is -4.42. The molecule has 0 aliphatic rings. The predicted molar refractivity (Wildman–Crippen MR) is 64.5 cm³/mol. The van der Waals surface area contributed by atoms with Crippen LogP contribution in [-0.4, -0.2) is 20.9 Å². The van der Waals surface area contributed by atoms with E-state index in [1.54, 1.807) is 6.92 Å². The van der Waals surface area contributed by atoms with Crippen molar-refractivity contribution in [3.05, 3.63) is 52.8 Å². The molecule has 0 saturated carbocycles. The van der Waals surface area contributed by atoms with E-state index < -0.39 is 17.7 Å². The van der Waals surface area contributed by atoms with Crippen LogP contribution < -0.4 is 0 Å². The van der Waals surface area contributed by atoms with Gasteiger partial charge in [-0.05, 0) is 30.7 Å². The summed E-state index contributed by atoms with van der Waals surface area (Å²) < 4.78 is 39.0. The maximum atomic E-state index is 12.6. The van der Waals surface area contributed by atoms with E-state index in [9.17, 15) is 18.0 Å². The van der Waals surface area contributed by atoms with Gasteiger partial charge in [0.05, 0.1) is 17.8 Å². The van der Waals surface area contributed by atoms with Gasteiger partial charge in [0, 0.05) is 0 Å².